The molecule has 0 aliphatic carbocycles. The quantitative estimate of drug-likeness (QED) is 0.674. The second kappa shape index (κ2) is 8.39. The smallest absolute Gasteiger partial charge is 0.163 e. The predicted octanol–water partition coefficient (Wildman–Crippen LogP) is 3.90. The lowest BCUT2D eigenvalue weighted by Crippen LogP contribution is -2.30. The molecule has 0 radical (unpaired) electrons. The van der Waals surface area contributed by atoms with E-state index in [1.165, 1.54) is 12.4 Å². The van der Waals surface area contributed by atoms with Crippen LogP contribution in [-0.4, -0.2) is 36.8 Å². The van der Waals surface area contributed by atoms with E-state index in [1.54, 1.807) is 25.3 Å². The molecule has 4 rings (SSSR count). The molecule has 1 saturated heterocycles. The van der Waals surface area contributed by atoms with E-state index in [2.05, 4.69) is 20.6 Å². The van der Waals surface area contributed by atoms with E-state index in [0.717, 1.165) is 31.3 Å². The van der Waals surface area contributed by atoms with Gasteiger partial charge in [0.1, 0.15) is 18.0 Å². The summed E-state index contributed by atoms with van der Waals surface area (Å²) in [6, 6.07) is 10.2. The zero-order valence-corrected chi connectivity index (χ0v) is 15.7. The Labute approximate surface area is 163 Å². The Hall–Kier alpha value is -2.93. The SMILES string of the molecule is COc1cc2c(Nc3ccccc3F)ncnc2cc1OCC1CCNCC1. The molecule has 0 unspecified atom stereocenters. The lowest BCUT2D eigenvalue weighted by atomic mass is 9.99. The van der Waals surface area contributed by atoms with Gasteiger partial charge in [0, 0.05) is 11.5 Å². The topological polar surface area (TPSA) is 68.3 Å². The van der Waals surface area contributed by atoms with Gasteiger partial charge in [-0.1, -0.05) is 12.1 Å². The molecular formula is C21H23FN4O2. The normalized spacial score (nSPS) is 14.8. The number of piperidine rings is 1. The summed E-state index contributed by atoms with van der Waals surface area (Å²) in [4.78, 5) is 8.62. The van der Waals surface area contributed by atoms with E-state index >= 15 is 0 Å². The van der Waals surface area contributed by atoms with Crippen LogP contribution in [0.4, 0.5) is 15.9 Å². The largest absolute Gasteiger partial charge is 0.493 e. The summed E-state index contributed by atoms with van der Waals surface area (Å²) in [5, 5.41) is 7.13. The highest BCUT2D eigenvalue weighted by Crippen LogP contribution is 2.35. The highest BCUT2D eigenvalue weighted by Gasteiger charge is 2.17. The van der Waals surface area contributed by atoms with Gasteiger partial charge >= 0.3 is 0 Å². The summed E-state index contributed by atoms with van der Waals surface area (Å²) < 4.78 is 25.6. The van der Waals surface area contributed by atoms with Gasteiger partial charge in [0.15, 0.2) is 11.5 Å². The molecule has 3 aromatic rings. The van der Waals surface area contributed by atoms with Crippen molar-refractivity contribution >= 4 is 22.4 Å². The summed E-state index contributed by atoms with van der Waals surface area (Å²) in [6.45, 7) is 2.71. The lowest BCUT2D eigenvalue weighted by Gasteiger charge is -2.23. The molecule has 146 valence electrons. The molecule has 1 aliphatic heterocycles. The van der Waals surface area contributed by atoms with Crippen molar-refractivity contribution in [2.75, 3.05) is 32.1 Å². The van der Waals surface area contributed by atoms with Crippen LogP contribution in [0.15, 0.2) is 42.7 Å². The lowest BCUT2D eigenvalue weighted by molar-refractivity contribution is 0.208. The Morgan fingerprint density at radius 1 is 1.14 bits per heavy atom. The molecule has 0 saturated carbocycles. The Morgan fingerprint density at radius 2 is 1.96 bits per heavy atom. The average molecular weight is 382 g/mol. The van der Waals surface area contributed by atoms with Gasteiger partial charge in [-0.15, -0.1) is 0 Å². The maximum Gasteiger partial charge on any atom is 0.163 e. The van der Waals surface area contributed by atoms with Gasteiger partial charge in [0.25, 0.3) is 0 Å². The van der Waals surface area contributed by atoms with E-state index < -0.39 is 0 Å². The minimum atomic E-state index is -0.344. The molecule has 1 aromatic heterocycles. The fraction of sp³-hybridized carbons (Fsp3) is 0.333. The Morgan fingerprint density at radius 3 is 2.75 bits per heavy atom. The summed E-state index contributed by atoms with van der Waals surface area (Å²) in [5.41, 5.74) is 1.06. The number of methoxy groups -OCH3 is 1. The molecule has 1 fully saturated rings. The highest BCUT2D eigenvalue weighted by atomic mass is 19.1. The molecule has 2 heterocycles. The van der Waals surface area contributed by atoms with Gasteiger partial charge in [-0.25, -0.2) is 14.4 Å². The molecule has 7 heteroatoms. The summed E-state index contributed by atoms with van der Waals surface area (Å²) in [6.07, 6.45) is 3.66. The van der Waals surface area contributed by atoms with Crippen molar-refractivity contribution in [2.45, 2.75) is 12.8 Å². The standard InChI is InChI=1S/C21H23FN4O2/c1-27-19-10-15-18(11-20(19)28-12-14-6-8-23-9-7-14)24-13-25-21(15)26-17-5-3-2-4-16(17)22/h2-5,10-11,13-14,23H,6-9,12H2,1H3,(H,24,25,26). The summed E-state index contributed by atoms with van der Waals surface area (Å²) >= 11 is 0. The van der Waals surface area contributed by atoms with E-state index in [9.17, 15) is 4.39 Å². The molecule has 0 spiro atoms. The number of rotatable bonds is 6. The molecule has 0 amide bonds. The fourth-order valence-electron chi connectivity index (χ4n) is 3.38. The maximum absolute atomic E-state index is 14.0. The molecular weight excluding hydrogens is 359 g/mol. The van der Waals surface area contributed by atoms with Crippen molar-refractivity contribution in [3.63, 3.8) is 0 Å². The van der Waals surface area contributed by atoms with Gasteiger partial charge in [0.2, 0.25) is 0 Å². The predicted molar refractivity (Wildman–Crippen MR) is 107 cm³/mol. The van der Waals surface area contributed by atoms with E-state index in [1.807, 2.05) is 12.1 Å². The van der Waals surface area contributed by atoms with Crippen LogP contribution in [0.3, 0.4) is 0 Å². The number of halogens is 1. The number of ether oxygens (including phenoxy) is 2. The molecule has 6 nitrogen and oxygen atoms in total. The van der Waals surface area contributed by atoms with E-state index in [4.69, 9.17) is 9.47 Å². The third-order valence-corrected chi connectivity index (χ3v) is 4.98. The monoisotopic (exact) mass is 382 g/mol. The Kier molecular flexibility index (Phi) is 5.53. The Balaban J connectivity index is 1.62. The number of para-hydroxylation sites is 1. The van der Waals surface area contributed by atoms with Gasteiger partial charge in [-0.2, -0.15) is 0 Å². The first-order valence-corrected chi connectivity index (χ1v) is 9.42. The molecule has 2 N–H and O–H groups in total. The zero-order chi connectivity index (χ0) is 19.3. The van der Waals surface area contributed by atoms with Gasteiger partial charge in [-0.05, 0) is 50.0 Å². The van der Waals surface area contributed by atoms with E-state index in [0.29, 0.717) is 41.0 Å². The van der Waals surface area contributed by atoms with Crippen molar-refractivity contribution < 1.29 is 13.9 Å². The van der Waals surface area contributed by atoms with Crippen molar-refractivity contribution in [3.8, 4) is 11.5 Å². The summed E-state index contributed by atoms with van der Waals surface area (Å²) in [7, 11) is 1.60. The van der Waals surface area contributed by atoms with Crippen LogP contribution in [0.1, 0.15) is 12.8 Å². The van der Waals surface area contributed by atoms with Crippen LogP contribution in [0, 0.1) is 11.7 Å². The van der Waals surface area contributed by atoms with E-state index in [-0.39, 0.29) is 5.82 Å². The number of benzene rings is 2. The zero-order valence-electron chi connectivity index (χ0n) is 15.7. The number of anilines is 2. The number of nitrogens with zero attached hydrogens (tertiary/aromatic N) is 2. The number of hydrogen-bond acceptors (Lipinski definition) is 6. The van der Waals surface area contributed by atoms with Crippen LogP contribution >= 0.6 is 0 Å². The van der Waals surface area contributed by atoms with Gasteiger partial charge in [0.05, 0.1) is 24.9 Å². The van der Waals surface area contributed by atoms with Crippen LogP contribution < -0.4 is 20.1 Å². The first-order chi connectivity index (χ1) is 13.7. The first-order valence-electron chi connectivity index (χ1n) is 9.42. The minimum Gasteiger partial charge on any atom is -0.493 e. The second-order valence-electron chi connectivity index (χ2n) is 6.85. The first kappa shape index (κ1) is 18.4. The van der Waals surface area contributed by atoms with Crippen molar-refractivity contribution in [1.82, 2.24) is 15.3 Å². The Bertz CT molecular complexity index is 960. The second-order valence-corrected chi connectivity index (χ2v) is 6.85. The molecule has 28 heavy (non-hydrogen) atoms. The van der Waals surface area contributed by atoms with Crippen molar-refractivity contribution in [2.24, 2.45) is 5.92 Å². The van der Waals surface area contributed by atoms with Crippen LogP contribution in [0.5, 0.6) is 11.5 Å². The number of fused-ring (bicyclic) bond motifs is 1. The van der Waals surface area contributed by atoms with Crippen molar-refractivity contribution in [1.29, 1.82) is 0 Å². The summed E-state index contributed by atoms with van der Waals surface area (Å²) in [5.74, 6) is 1.96. The molecule has 0 bridgehead atoms. The number of nitrogens with one attached hydrogen (secondary N) is 2. The van der Waals surface area contributed by atoms with Crippen LogP contribution in [-0.2, 0) is 0 Å². The van der Waals surface area contributed by atoms with Crippen LogP contribution in [0.25, 0.3) is 10.9 Å². The molecule has 1 aliphatic rings. The molecule has 0 atom stereocenters. The maximum atomic E-state index is 14.0. The average Bonchev–Trinajstić information content (AvgIpc) is 2.74. The minimum absolute atomic E-state index is 0.344. The third-order valence-electron chi connectivity index (χ3n) is 4.98. The third kappa shape index (κ3) is 3.99. The fourth-order valence-corrected chi connectivity index (χ4v) is 3.38. The van der Waals surface area contributed by atoms with Gasteiger partial charge < -0.3 is 20.1 Å². The highest BCUT2D eigenvalue weighted by molar-refractivity contribution is 5.93. The number of hydrogen-bond donors (Lipinski definition) is 2. The van der Waals surface area contributed by atoms with Crippen LogP contribution in [0.2, 0.25) is 0 Å². The number of aromatic nitrogens is 2. The van der Waals surface area contributed by atoms with Crippen molar-refractivity contribution in [3.05, 3.63) is 48.5 Å². The molecule has 2 aromatic carbocycles. The van der Waals surface area contributed by atoms with Gasteiger partial charge in [-0.3, -0.25) is 0 Å².